The van der Waals surface area contributed by atoms with Crippen molar-refractivity contribution in [1.29, 1.82) is 0 Å². The lowest BCUT2D eigenvalue weighted by atomic mass is 9.99. The lowest BCUT2D eigenvalue weighted by Crippen LogP contribution is -2.53. The van der Waals surface area contributed by atoms with Crippen molar-refractivity contribution in [1.82, 2.24) is 15.5 Å². The molecule has 0 aromatic carbocycles. The number of hydrogen-bond donors (Lipinski definition) is 2. The maximum absolute atomic E-state index is 12.4. The lowest BCUT2D eigenvalue weighted by molar-refractivity contribution is 0.0193. The molecule has 2 fully saturated rings. The highest BCUT2D eigenvalue weighted by Gasteiger charge is 2.32. The summed E-state index contributed by atoms with van der Waals surface area (Å²) in [5.41, 5.74) is -0.469. The van der Waals surface area contributed by atoms with Gasteiger partial charge in [-0.3, -0.25) is 4.99 Å². The molecule has 29 heavy (non-hydrogen) atoms. The molecular formula is C20H39IN4O3S. The molecule has 0 aromatic heterocycles. The summed E-state index contributed by atoms with van der Waals surface area (Å²) in [5, 5.41) is 6.89. The number of carbonyl (C=O) groups is 1. The van der Waals surface area contributed by atoms with Gasteiger partial charge in [-0.25, -0.2) is 4.79 Å². The number of aliphatic imine (C=N–C) groups is 1. The van der Waals surface area contributed by atoms with E-state index in [1.807, 2.05) is 32.5 Å². The molecule has 0 aromatic rings. The van der Waals surface area contributed by atoms with Crippen LogP contribution in [0.4, 0.5) is 4.79 Å². The number of rotatable bonds is 5. The normalized spacial score (nSPS) is 22.4. The number of nitrogens with zero attached hydrogens (tertiary/aromatic N) is 2. The summed E-state index contributed by atoms with van der Waals surface area (Å²) in [6, 6.07) is 0.180. The summed E-state index contributed by atoms with van der Waals surface area (Å²) in [6.45, 7) is 12.4. The highest BCUT2D eigenvalue weighted by Crippen LogP contribution is 2.34. The van der Waals surface area contributed by atoms with Crippen molar-refractivity contribution in [2.75, 3.05) is 45.6 Å². The molecule has 1 amide bonds. The number of ether oxygens (including phenoxy) is 2. The molecule has 2 rings (SSSR count). The largest absolute Gasteiger partial charge is 0.444 e. The van der Waals surface area contributed by atoms with Gasteiger partial charge in [0.2, 0.25) is 0 Å². The zero-order valence-electron chi connectivity index (χ0n) is 18.6. The first-order valence-electron chi connectivity index (χ1n) is 10.4. The Morgan fingerprint density at radius 3 is 2.62 bits per heavy atom. The van der Waals surface area contributed by atoms with Crippen molar-refractivity contribution < 1.29 is 14.3 Å². The van der Waals surface area contributed by atoms with Crippen LogP contribution in [0, 0.1) is 0 Å². The molecule has 1 unspecified atom stereocenters. The van der Waals surface area contributed by atoms with Crippen LogP contribution >= 0.6 is 35.7 Å². The van der Waals surface area contributed by atoms with Crippen LogP contribution in [0.1, 0.15) is 53.4 Å². The second-order valence-corrected chi connectivity index (χ2v) is 9.88. The van der Waals surface area contributed by atoms with E-state index in [1.165, 1.54) is 0 Å². The fraction of sp³-hybridized carbons (Fsp3) is 0.900. The van der Waals surface area contributed by atoms with Gasteiger partial charge in [0.1, 0.15) is 5.60 Å². The molecule has 0 spiro atoms. The summed E-state index contributed by atoms with van der Waals surface area (Å²) >= 11 is 1.90. The molecule has 0 radical (unpaired) electrons. The summed E-state index contributed by atoms with van der Waals surface area (Å²) < 4.78 is 11.2. The first-order valence-corrected chi connectivity index (χ1v) is 11.6. The van der Waals surface area contributed by atoms with E-state index in [0.29, 0.717) is 6.54 Å². The molecule has 2 aliphatic heterocycles. The molecule has 170 valence electrons. The van der Waals surface area contributed by atoms with Gasteiger partial charge >= 0.3 is 6.09 Å². The van der Waals surface area contributed by atoms with Gasteiger partial charge in [-0.2, -0.15) is 11.8 Å². The molecule has 0 saturated carbocycles. The van der Waals surface area contributed by atoms with Crippen molar-refractivity contribution in [3.63, 3.8) is 0 Å². The zero-order chi connectivity index (χ0) is 20.6. The Kier molecular flexibility index (Phi) is 11.4. The minimum atomic E-state index is -0.469. The zero-order valence-corrected chi connectivity index (χ0v) is 21.7. The average Bonchev–Trinajstić information content (AvgIpc) is 2.66. The third-order valence-corrected chi connectivity index (χ3v) is 6.52. The van der Waals surface area contributed by atoms with Crippen molar-refractivity contribution in [3.05, 3.63) is 0 Å². The molecule has 2 saturated heterocycles. The van der Waals surface area contributed by atoms with E-state index in [0.717, 1.165) is 64.5 Å². The number of piperidine rings is 1. The van der Waals surface area contributed by atoms with Crippen molar-refractivity contribution in [2.24, 2.45) is 4.99 Å². The molecule has 2 aliphatic rings. The fourth-order valence-electron chi connectivity index (χ4n) is 3.49. The van der Waals surface area contributed by atoms with Crippen LogP contribution in [0.2, 0.25) is 0 Å². The van der Waals surface area contributed by atoms with Gasteiger partial charge < -0.3 is 25.0 Å². The van der Waals surface area contributed by atoms with E-state index in [4.69, 9.17) is 14.5 Å². The second kappa shape index (κ2) is 12.4. The number of amides is 1. The standard InChI is InChI=1S/C20H38N4O3S.HI/c1-6-21-17(22-15-20(28-5)9-12-26-13-10-20)23-16-8-7-11-24(14-16)18(25)27-19(2,3)4;/h16H,6-15H2,1-5H3,(H2,21,22,23);1H. The molecule has 2 N–H and O–H groups in total. The van der Waals surface area contributed by atoms with Crippen LogP contribution in [-0.4, -0.2) is 79.0 Å². The topological polar surface area (TPSA) is 75.2 Å². The molecule has 7 nitrogen and oxygen atoms in total. The van der Waals surface area contributed by atoms with Crippen LogP contribution in [-0.2, 0) is 9.47 Å². The highest BCUT2D eigenvalue weighted by molar-refractivity contribution is 14.0. The minimum absolute atomic E-state index is 0. The van der Waals surface area contributed by atoms with Crippen molar-refractivity contribution in [3.8, 4) is 0 Å². The fourth-order valence-corrected chi connectivity index (χ4v) is 4.26. The number of hydrogen-bond acceptors (Lipinski definition) is 5. The number of thioether (sulfide) groups is 1. The number of likely N-dealkylation sites (tertiary alicyclic amines) is 1. The SMILES string of the molecule is CCNC(=NCC1(SC)CCOCC1)NC1CCCN(C(=O)OC(C)(C)C)C1.I. The van der Waals surface area contributed by atoms with Crippen molar-refractivity contribution >= 4 is 47.8 Å². The number of guanidine groups is 1. The number of nitrogens with one attached hydrogen (secondary N) is 2. The Morgan fingerprint density at radius 2 is 2.03 bits per heavy atom. The Hall–Kier alpha value is -0.420. The maximum atomic E-state index is 12.4. The van der Waals surface area contributed by atoms with Gasteiger partial charge in [-0.1, -0.05) is 0 Å². The Balaban J connectivity index is 0.00000420. The number of halogens is 1. The molecular weight excluding hydrogens is 503 g/mol. The highest BCUT2D eigenvalue weighted by atomic mass is 127. The van der Waals surface area contributed by atoms with Crippen LogP contribution < -0.4 is 10.6 Å². The Morgan fingerprint density at radius 1 is 1.34 bits per heavy atom. The van der Waals surface area contributed by atoms with Gasteiger partial charge in [0, 0.05) is 43.6 Å². The molecule has 2 heterocycles. The summed E-state index contributed by atoms with van der Waals surface area (Å²) in [7, 11) is 0. The first-order chi connectivity index (χ1) is 13.3. The lowest BCUT2D eigenvalue weighted by Gasteiger charge is -2.36. The van der Waals surface area contributed by atoms with Crippen LogP contribution in [0.25, 0.3) is 0 Å². The molecule has 1 atom stereocenters. The van der Waals surface area contributed by atoms with Crippen LogP contribution in [0.15, 0.2) is 4.99 Å². The molecule has 9 heteroatoms. The smallest absolute Gasteiger partial charge is 0.410 e. The van der Waals surface area contributed by atoms with Crippen LogP contribution in [0.5, 0.6) is 0 Å². The maximum Gasteiger partial charge on any atom is 0.410 e. The number of carbonyl (C=O) groups excluding carboxylic acids is 1. The van der Waals surface area contributed by atoms with E-state index in [-0.39, 0.29) is 40.9 Å². The first kappa shape index (κ1) is 26.6. The predicted molar refractivity (Wildman–Crippen MR) is 132 cm³/mol. The summed E-state index contributed by atoms with van der Waals surface area (Å²) in [4.78, 5) is 19.1. The van der Waals surface area contributed by atoms with Gasteiger partial charge in [0.05, 0.1) is 6.54 Å². The van der Waals surface area contributed by atoms with Gasteiger partial charge in [-0.05, 0) is 59.6 Å². The summed E-state index contributed by atoms with van der Waals surface area (Å²) in [5.74, 6) is 0.832. The molecule has 0 aliphatic carbocycles. The van der Waals surface area contributed by atoms with Crippen LogP contribution in [0.3, 0.4) is 0 Å². The Bertz CT molecular complexity index is 536. The quantitative estimate of drug-likeness (QED) is 0.315. The van der Waals surface area contributed by atoms with Gasteiger partial charge in [0.15, 0.2) is 5.96 Å². The van der Waals surface area contributed by atoms with Gasteiger partial charge in [0.25, 0.3) is 0 Å². The predicted octanol–water partition coefficient (Wildman–Crippen LogP) is 3.47. The molecule has 0 bridgehead atoms. The van der Waals surface area contributed by atoms with Crippen molar-refractivity contribution in [2.45, 2.75) is 69.8 Å². The van der Waals surface area contributed by atoms with E-state index in [1.54, 1.807) is 4.90 Å². The Labute approximate surface area is 197 Å². The average molecular weight is 543 g/mol. The van der Waals surface area contributed by atoms with E-state index >= 15 is 0 Å². The second-order valence-electron chi connectivity index (χ2n) is 8.60. The third kappa shape index (κ3) is 9.08. The monoisotopic (exact) mass is 542 g/mol. The van der Waals surface area contributed by atoms with Gasteiger partial charge in [-0.15, -0.1) is 24.0 Å². The van der Waals surface area contributed by atoms with E-state index in [9.17, 15) is 4.79 Å². The third-order valence-electron chi connectivity index (χ3n) is 5.12. The minimum Gasteiger partial charge on any atom is -0.444 e. The summed E-state index contributed by atoms with van der Waals surface area (Å²) in [6.07, 6.45) is 5.98. The van der Waals surface area contributed by atoms with E-state index < -0.39 is 5.60 Å². The van der Waals surface area contributed by atoms with E-state index in [2.05, 4.69) is 23.8 Å².